The summed E-state index contributed by atoms with van der Waals surface area (Å²) in [5.41, 5.74) is 2.68. The summed E-state index contributed by atoms with van der Waals surface area (Å²) in [4.78, 5) is 14.0. The topological polar surface area (TPSA) is 46.5 Å². The summed E-state index contributed by atoms with van der Waals surface area (Å²) < 4.78 is 45.5. The molecule has 1 aromatic heterocycles. The summed E-state index contributed by atoms with van der Waals surface area (Å²) >= 11 is 0. The molecule has 0 spiro atoms. The number of rotatable bonds is 5. The molecule has 1 aliphatic rings. The molecule has 0 radical (unpaired) electrons. The fourth-order valence-corrected chi connectivity index (χ4v) is 3.73. The highest BCUT2D eigenvalue weighted by molar-refractivity contribution is 5.82. The normalized spacial score (nSPS) is 14.5. The lowest BCUT2D eigenvalue weighted by atomic mass is 10.0. The van der Waals surface area contributed by atoms with Gasteiger partial charge in [-0.1, -0.05) is 6.07 Å². The Bertz CT molecular complexity index is 1080. The Hall–Kier alpha value is -3.16. The highest BCUT2D eigenvalue weighted by Crippen LogP contribution is 2.30. The van der Waals surface area contributed by atoms with Gasteiger partial charge in [-0.2, -0.15) is 13.2 Å². The van der Waals surface area contributed by atoms with Gasteiger partial charge >= 0.3 is 12.2 Å². The van der Waals surface area contributed by atoms with Gasteiger partial charge < -0.3 is 19.5 Å². The first-order valence-corrected chi connectivity index (χ1v) is 10.1. The number of nitrogens with one attached hydrogen (secondary N) is 1. The third-order valence-corrected chi connectivity index (χ3v) is 5.70. The molecule has 1 fully saturated rings. The monoisotopic (exact) mass is 431 g/mol. The lowest BCUT2D eigenvalue weighted by molar-refractivity contribution is -0.137. The number of aromatic nitrogens is 1. The molecule has 2 heterocycles. The van der Waals surface area contributed by atoms with Gasteiger partial charge in [0, 0.05) is 49.2 Å². The van der Waals surface area contributed by atoms with Crippen LogP contribution in [0.5, 0.6) is 5.75 Å². The summed E-state index contributed by atoms with van der Waals surface area (Å²) in [6.45, 7) is 3.99. The molecular formula is C23H24F3N3O2. The van der Waals surface area contributed by atoms with E-state index in [1.165, 1.54) is 17.8 Å². The van der Waals surface area contributed by atoms with Gasteiger partial charge in [0.05, 0.1) is 12.2 Å². The fourth-order valence-electron chi connectivity index (χ4n) is 3.73. The van der Waals surface area contributed by atoms with Crippen molar-refractivity contribution < 1.29 is 22.7 Å². The van der Waals surface area contributed by atoms with E-state index in [0.717, 1.165) is 28.6 Å². The van der Waals surface area contributed by atoms with E-state index in [1.54, 1.807) is 4.90 Å². The Kier molecular flexibility index (Phi) is 5.56. The number of likely N-dealkylation sites (tertiary alicyclic amines) is 1. The first-order valence-electron chi connectivity index (χ1n) is 10.1. The van der Waals surface area contributed by atoms with Gasteiger partial charge in [0.25, 0.3) is 0 Å². The number of carbonyl (C=O) groups is 1. The zero-order chi connectivity index (χ0) is 22.2. The number of alkyl halides is 3. The minimum absolute atomic E-state index is 0.130. The van der Waals surface area contributed by atoms with Crippen molar-refractivity contribution in [3.63, 3.8) is 0 Å². The van der Waals surface area contributed by atoms with Crippen LogP contribution >= 0.6 is 0 Å². The van der Waals surface area contributed by atoms with E-state index in [2.05, 4.69) is 35.0 Å². The molecule has 0 bridgehead atoms. The predicted molar refractivity (Wildman–Crippen MR) is 112 cm³/mol. The number of halogens is 3. The zero-order valence-electron chi connectivity index (χ0n) is 17.4. The van der Waals surface area contributed by atoms with E-state index >= 15 is 0 Å². The molecule has 164 valence electrons. The third-order valence-electron chi connectivity index (χ3n) is 5.70. The van der Waals surface area contributed by atoms with Crippen LogP contribution in [0.15, 0.2) is 48.5 Å². The second-order valence-corrected chi connectivity index (χ2v) is 8.00. The molecule has 2 amide bonds. The number of urea groups is 1. The molecule has 0 saturated carbocycles. The summed E-state index contributed by atoms with van der Waals surface area (Å²) in [6.07, 6.45) is -4.36. The minimum atomic E-state index is -4.36. The lowest BCUT2D eigenvalue weighted by Crippen LogP contribution is -2.55. The number of nitrogens with zero attached hydrogens (tertiary/aromatic N) is 2. The summed E-state index contributed by atoms with van der Waals surface area (Å²) in [6, 6.07) is 12.8. The van der Waals surface area contributed by atoms with Crippen molar-refractivity contribution in [3.8, 4) is 5.75 Å². The summed E-state index contributed by atoms with van der Waals surface area (Å²) in [7, 11) is 2.03. The minimum Gasteiger partial charge on any atom is -0.493 e. The maximum atomic E-state index is 12.6. The van der Waals surface area contributed by atoms with Crippen molar-refractivity contribution in [2.45, 2.75) is 19.6 Å². The molecule has 0 unspecified atom stereocenters. The van der Waals surface area contributed by atoms with Gasteiger partial charge in [-0.3, -0.25) is 0 Å². The van der Waals surface area contributed by atoms with Gasteiger partial charge in [0.1, 0.15) is 5.75 Å². The third kappa shape index (κ3) is 4.62. The van der Waals surface area contributed by atoms with Crippen molar-refractivity contribution in [3.05, 3.63) is 65.4 Å². The fraction of sp³-hybridized carbons (Fsp3) is 0.348. The first kappa shape index (κ1) is 21.1. The van der Waals surface area contributed by atoms with E-state index in [1.807, 2.05) is 13.1 Å². The van der Waals surface area contributed by atoms with Crippen LogP contribution in [-0.2, 0) is 19.8 Å². The van der Waals surface area contributed by atoms with Gasteiger partial charge in [-0.05, 0) is 55.0 Å². The highest BCUT2D eigenvalue weighted by atomic mass is 19.4. The Labute approximate surface area is 178 Å². The highest BCUT2D eigenvalue weighted by Gasteiger charge is 2.32. The van der Waals surface area contributed by atoms with E-state index in [4.69, 9.17) is 4.74 Å². The summed E-state index contributed by atoms with van der Waals surface area (Å²) in [5.74, 6) is 0.555. The van der Waals surface area contributed by atoms with Crippen LogP contribution in [0.2, 0.25) is 0 Å². The van der Waals surface area contributed by atoms with Crippen LogP contribution < -0.4 is 10.1 Å². The Morgan fingerprint density at radius 2 is 1.84 bits per heavy atom. The predicted octanol–water partition coefficient (Wildman–Crippen LogP) is 4.73. The molecule has 2 aromatic carbocycles. The van der Waals surface area contributed by atoms with Crippen LogP contribution in [-0.4, -0.2) is 35.2 Å². The quantitative estimate of drug-likeness (QED) is 0.635. The maximum absolute atomic E-state index is 12.6. The number of hydrogen-bond acceptors (Lipinski definition) is 2. The van der Waals surface area contributed by atoms with Gasteiger partial charge in [-0.25, -0.2) is 4.79 Å². The van der Waals surface area contributed by atoms with Crippen molar-refractivity contribution in [2.75, 3.05) is 19.7 Å². The van der Waals surface area contributed by atoms with E-state index in [0.29, 0.717) is 32.0 Å². The van der Waals surface area contributed by atoms with Gasteiger partial charge in [-0.15, -0.1) is 0 Å². The molecule has 1 saturated heterocycles. The average Bonchev–Trinajstić information content (AvgIpc) is 2.98. The molecule has 0 atom stereocenters. The number of ether oxygens (including phenoxy) is 1. The van der Waals surface area contributed by atoms with Crippen molar-refractivity contribution in [1.82, 2.24) is 14.8 Å². The Morgan fingerprint density at radius 1 is 1.13 bits per heavy atom. The van der Waals surface area contributed by atoms with Crippen LogP contribution in [0, 0.1) is 12.8 Å². The number of amides is 2. The molecule has 5 nitrogen and oxygen atoms in total. The number of aryl methyl sites for hydroxylation is 2. The zero-order valence-corrected chi connectivity index (χ0v) is 17.4. The molecule has 31 heavy (non-hydrogen) atoms. The number of hydrogen-bond donors (Lipinski definition) is 1. The Balaban J connectivity index is 1.21. The number of fused-ring (bicyclic) bond motifs is 1. The summed E-state index contributed by atoms with van der Waals surface area (Å²) in [5, 5.41) is 4.08. The maximum Gasteiger partial charge on any atom is 0.416 e. The largest absolute Gasteiger partial charge is 0.493 e. The first-order chi connectivity index (χ1) is 14.7. The van der Waals surface area contributed by atoms with E-state index < -0.39 is 11.7 Å². The van der Waals surface area contributed by atoms with Gasteiger partial charge in [0.2, 0.25) is 0 Å². The van der Waals surface area contributed by atoms with E-state index in [9.17, 15) is 18.0 Å². The van der Waals surface area contributed by atoms with Crippen molar-refractivity contribution >= 4 is 16.9 Å². The second-order valence-electron chi connectivity index (χ2n) is 8.00. The van der Waals surface area contributed by atoms with E-state index in [-0.39, 0.29) is 11.9 Å². The van der Waals surface area contributed by atoms with Crippen molar-refractivity contribution in [2.24, 2.45) is 13.0 Å². The lowest BCUT2D eigenvalue weighted by Gasteiger charge is -2.38. The number of carbonyl (C=O) groups excluding carboxylic acids is 1. The Morgan fingerprint density at radius 3 is 2.52 bits per heavy atom. The average molecular weight is 431 g/mol. The second kappa shape index (κ2) is 8.17. The molecular weight excluding hydrogens is 407 g/mol. The number of benzene rings is 2. The van der Waals surface area contributed by atoms with Gasteiger partial charge in [0.15, 0.2) is 0 Å². The SMILES string of the molecule is Cc1cc2cc(CNC(=O)N3CC(COc4ccc(C(F)(F)F)cc4)C3)ccc2n1C. The van der Waals surface area contributed by atoms with Crippen LogP contribution in [0.3, 0.4) is 0 Å². The smallest absolute Gasteiger partial charge is 0.416 e. The molecule has 4 rings (SSSR count). The molecule has 8 heteroatoms. The van der Waals surface area contributed by atoms with Crippen LogP contribution in [0.4, 0.5) is 18.0 Å². The molecule has 1 N–H and O–H groups in total. The standard InChI is InChI=1S/C23H24F3N3O2/c1-15-9-18-10-16(3-8-21(18)28(15)2)11-27-22(30)29-12-17(13-29)14-31-20-6-4-19(5-7-20)23(24,25)26/h3-10,17H,11-14H2,1-2H3,(H,27,30). The molecule has 1 aliphatic heterocycles. The van der Waals surface area contributed by atoms with Crippen molar-refractivity contribution in [1.29, 1.82) is 0 Å². The van der Waals surface area contributed by atoms with Crippen LogP contribution in [0.25, 0.3) is 10.9 Å². The van der Waals surface area contributed by atoms with Crippen LogP contribution in [0.1, 0.15) is 16.8 Å². The molecule has 0 aliphatic carbocycles. The molecule has 3 aromatic rings.